The highest BCUT2D eigenvalue weighted by molar-refractivity contribution is 5.70. The van der Waals surface area contributed by atoms with Crippen LogP contribution in [0.5, 0.6) is 0 Å². The lowest BCUT2D eigenvalue weighted by Crippen LogP contribution is -2.37. The molecule has 1 aliphatic rings. The first-order valence-electron chi connectivity index (χ1n) is 5.81. The van der Waals surface area contributed by atoms with Gasteiger partial charge >= 0.3 is 5.97 Å². The Labute approximate surface area is 92.6 Å². The summed E-state index contributed by atoms with van der Waals surface area (Å²) in [5.74, 6) is 1.01. The van der Waals surface area contributed by atoms with Crippen LogP contribution in [0.1, 0.15) is 40.5 Å². The molecule has 1 fully saturated rings. The van der Waals surface area contributed by atoms with E-state index in [0.717, 1.165) is 19.5 Å². The zero-order chi connectivity index (χ0) is 11.5. The number of rotatable bonds is 2. The second kappa shape index (κ2) is 4.97. The minimum atomic E-state index is -0.354. The Kier molecular flexibility index (Phi) is 4.14. The summed E-state index contributed by atoms with van der Waals surface area (Å²) < 4.78 is 5.33. The average molecular weight is 213 g/mol. The largest absolute Gasteiger partial charge is 0.460 e. The first-order valence-corrected chi connectivity index (χ1v) is 5.81. The molecule has 1 aliphatic heterocycles. The molecular formula is C12H23NO2. The molecule has 0 aliphatic carbocycles. The summed E-state index contributed by atoms with van der Waals surface area (Å²) in [6.07, 6.45) is 1.65. The van der Waals surface area contributed by atoms with Crippen LogP contribution in [0.15, 0.2) is 0 Å². The van der Waals surface area contributed by atoms with Gasteiger partial charge < -0.3 is 10.1 Å². The lowest BCUT2D eigenvalue weighted by atomic mass is 9.85. The molecule has 1 heterocycles. The molecule has 0 radical (unpaired) electrons. The number of piperidine rings is 1. The Hall–Kier alpha value is -0.570. The molecule has 0 unspecified atom stereocenters. The average Bonchev–Trinajstić information content (AvgIpc) is 2.05. The fourth-order valence-corrected chi connectivity index (χ4v) is 1.97. The lowest BCUT2D eigenvalue weighted by Gasteiger charge is -2.29. The summed E-state index contributed by atoms with van der Waals surface area (Å²) in [5.41, 5.74) is -0.354. The van der Waals surface area contributed by atoms with E-state index in [-0.39, 0.29) is 11.6 Å². The first-order chi connectivity index (χ1) is 6.88. The van der Waals surface area contributed by atoms with E-state index < -0.39 is 0 Å². The molecule has 0 saturated carbocycles. The molecule has 3 heteroatoms. The molecule has 0 aromatic rings. The van der Waals surface area contributed by atoms with Crippen molar-refractivity contribution < 1.29 is 9.53 Å². The van der Waals surface area contributed by atoms with Gasteiger partial charge in [0.15, 0.2) is 0 Å². The lowest BCUT2D eigenvalue weighted by molar-refractivity contribution is -0.156. The SMILES string of the molecule is C[C@H]1CNCC[C@H]1CC(=O)OC(C)(C)C. The number of hydrogen-bond donors (Lipinski definition) is 1. The third-order valence-corrected chi connectivity index (χ3v) is 2.81. The normalized spacial score (nSPS) is 27.5. The monoisotopic (exact) mass is 213 g/mol. The van der Waals surface area contributed by atoms with Crippen LogP contribution in [0.3, 0.4) is 0 Å². The molecule has 2 atom stereocenters. The number of hydrogen-bond acceptors (Lipinski definition) is 3. The minimum Gasteiger partial charge on any atom is -0.460 e. The van der Waals surface area contributed by atoms with E-state index in [0.29, 0.717) is 18.3 Å². The molecule has 0 aromatic heterocycles. The van der Waals surface area contributed by atoms with E-state index in [4.69, 9.17) is 4.74 Å². The van der Waals surface area contributed by atoms with Crippen molar-refractivity contribution in [3.05, 3.63) is 0 Å². The van der Waals surface area contributed by atoms with Gasteiger partial charge in [0.1, 0.15) is 5.60 Å². The standard InChI is InChI=1S/C12H23NO2/c1-9-8-13-6-5-10(9)7-11(14)15-12(2,3)4/h9-10,13H,5-8H2,1-4H3/t9-,10-/m0/s1. The molecule has 1 rings (SSSR count). The highest BCUT2D eigenvalue weighted by atomic mass is 16.6. The maximum Gasteiger partial charge on any atom is 0.306 e. The van der Waals surface area contributed by atoms with Crippen LogP contribution in [-0.2, 0) is 9.53 Å². The Morgan fingerprint density at radius 1 is 1.47 bits per heavy atom. The van der Waals surface area contributed by atoms with Crippen molar-refractivity contribution in [2.45, 2.75) is 46.1 Å². The Morgan fingerprint density at radius 3 is 2.67 bits per heavy atom. The fourth-order valence-electron chi connectivity index (χ4n) is 1.97. The molecular weight excluding hydrogens is 190 g/mol. The van der Waals surface area contributed by atoms with Gasteiger partial charge in [-0.1, -0.05) is 6.92 Å². The van der Waals surface area contributed by atoms with E-state index in [9.17, 15) is 4.79 Å². The topological polar surface area (TPSA) is 38.3 Å². The number of ether oxygens (including phenoxy) is 1. The van der Waals surface area contributed by atoms with E-state index in [2.05, 4.69) is 12.2 Å². The van der Waals surface area contributed by atoms with Crippen LogP contribution >= 0.6 is 0 Å². The molecule has 0 aromatic carbocycles. The molecule has 0 bridgehead atoms. The van der Waals surface area contributed by atoms with Crippen molar-refractivity contribution in [3.8, 4) is 0 Å². The van der Waals surface area contributed by atoms with Gasteiger partial charge in [0.05, 0.1) is 0 Å². The predicted octanol–water partition coefficient (Wildman–Crippen LogP) is 1.96. The number of nitrogens with one attached hydrogen (secondary N) is 1. The van der Waals surface area contributed by atoms with E-state index in [1.165, 1.54) is 0 Å². The van der Waals surface area contributed by atoms with Gasteiger partial charge in [0.2, 0.25) is 0 Å². The molecule has 0 spiro atoms. The van der Waals surface area contributed by atoms with Crippen LogP contribution in [0.2, 0.25) is 0 Å². The van der Waals surface area contributed by atoms with E-state index >= 15 is 0 Å². The zero-order valence-electron chi connectivity index (χ0n) is 10.3. The van der Waals surface area contributed by atoms with Crippen molar-refractivity contribution in [1.29, 1.82) is 0 Å². The molecule has 3 nitrogen and oxygen atoms in total. The van der Waals surface area contributed by atoms with Crippen molar-refractivity contribution in [2.75, 3.05) is 13.1 Å². The Morgan fingerprint density at radius 2 is 2.13 bits per heavy atom. The van der Waals surface area contributed by atoms with Gasteiger partial charge in [0, 0.05) is 6.42 Å². The molecule has 88 valence electrons. The first kappa shape index (κ1) is 12.5. The fraction of sp³-hybridized carbons (Fsp3) is 0.917. The molecule has 0 amide bonds. The van der Waals surface area contributed by atoms with Crippen LogP contribution in [0, 0.1) is 11.8 Å². The highest BCUT2D eigenvalue weighted by Crippen LogP contribution is 2.23. The van der Waals surface area contributed by atoms with Gasteiger partial charge in [0.25, 0.3) is 0 Å². The molecule has 15 heavy (non-hydrogen) atoms. The van der Waals surface area contributed by atoms with Crippen LogP contribution < -0.4 is 5.32 Å². The summed E-state index contributed by atoms with van der Waals surface area (Å²) in [6.45, 7) is 9.98. The van der Waals surface area contributed by atoms with Crippen molar-refractivity contribution >= 4 is 5.97 Å². The van der Waals surface area contributed by atoms with Gasteiger partial charge in [-0.2, -0.15) is 0 Å². The number of esters is 1. The van der Waals surface area contributed by atoms with Crippen molar-refractivity contribution in [2.24, 2.45) is 11.8 Å². The van der Waals surface area contributed by atoms with Gasteiger partial charge in [-0.05, 0) is 52.1 Å². The summed E-state index contributed by atoms with van der Waals surface area (Å²) in [6, 6.07) is 0. The van der Waals surface area contributed by atoms with E-state index in [1.807, 2.05) is 20.8 Å². The second-order valence-electron chi connectivity index (χ2n) is 5.52. The summed E-state index contributed by atoms with van der Waals surface area (Å²) in [7, 11) is 0. The van der Waals surface area contributed by atoms with Crippen LogP contribution in [-0.4, -0.2) is 24.7 Å². The van der Waals surface area contributed by atoms with Gasteiger partial charge in [-0.3, -0.25) is 4.79 Å². The zero-order valence-corrected chi connectivity index (χ0v) is 10.3. The summed E-state index contributed by atoms with van der Waals surface area (Å²) in [4.78, 5) is 11.6. The van der Waals surface area contributed by atoms with Gasteiger partial charge in [-0.25, -0.2) is 0 Å². The maximum atomic E-state index is 11.6. The van der Waals surface area contributed by atoms with Gasteiger partial charge in [-0.15, -0.1) is 0 Å². The summed E-state index contributed by atoms with van der Waals surface area (Å²) in [5, 5.41) is 3.33. The number of carbonyl (C=O) groups is 1. The third kappa shape index (κ3) is 4.65. The summed E-state index contributed by atoms with van der Waals surface area (Å²) >= 11 is 0. The van der Waals surface area contributed by atoms with Crippen molar-refractivity contribution in [3.63, 3.8) is 0 Å². The Bertz CT molecular complexity index is 220. The molecule has 1 N–H and O–H groups in total. The number of carbonyl (C=O) groups excluding carboxylic acids is 1. The maximum absolute atomic E-state index is 11.6. The van der Waals surface area contributed by atoms with E-state index in [1.54, 1.807) is 0 Å². The van der Waals surface area contributed by atoms with Crippen molar-refractivity contribution in [1.82, 2.24) is 5.32 Å². The second-order valence-corrected chi connectivity index (χ2v) is 5.52. The van der Waals surface area contributed by atoms with Crippen LogP contribution in [0.25, 0.3) is 0 Å². The molecule has 1 saturated heterocycles. The predicted molar refractivity (Wildman–Crippen MR) is 60.6 cm³/mol. The highest BCUT2D eigenvalue weighted by Gasteiger charge is 2.26. The minimum absolute atomic E-state index is 0.0544. The third-order valence-electron chi connectivity index (χ3n) is 2.81. The Balaban J connectivity index is 2.36. The smallest absolute Gasteiger partial charge is 0.306 e. The quantitative estimate of drug-likeness (QED) is 0.713. The van der Waals surface area contributed by atoms with Crippen LogP contribution in [0.4, 0.5) is 0 Å².